The third-order valence-corrected chi connectivity index (χ3v) is 12.0. The number of unbranched alkanes of at least 4 members (excludes halogenated alkanes) is 4. The number of rotatable bonds is 17. The second kappa shape index (κ2) is 16.6. The minimum atomic E-state index is -0.998. The van der Waals surface area contributed by atoms with Crippen LogP contribution in [0.1, 0.15) is 108 Å². The number of nitrogen functional groups attached to an aromatic ring is 1. The Kier molecular flexibility index (Phi) is 12.6. The van der Waals surface area contributed by atoms with Crippen LogP contribution in [0, 0.1) is 41.4 Å². The first kappa shape index (κ1) is 35.6. The van der Waals surface area contributed by atoms with Crippen LogP contribution in [0.15, 0.2) is 48.8 Å². The summed E-state index contributed by atoms with van der Waals surface area (Å²) in [4.78, 5) is 21.1. The van der Waals surface area contributed by atoms with Gasteiger partial charge in [0.1, 0.15) is 5.82 Å². The third kappa shape index (κ3) is 9.07. The molecular formula is C39H58N3O5-. The van der Waals surface area contributed by atoms with E-state index in [0.717, 1.165) is 69.0 Å². The van der Waals surface area contributed by atoms with Crippen molar-refractivity contribution in [2.75, 3.05) is 5.73 Å². The summed E-state index contributed by atoms with van der Waals surface area (Å²) in [7, 11) is 0. The molecule has 2 fully saturated rings. The number of fused-ring (bicyclic) bond motifs is 1. The highest BCUT2D eigenvalue weighted by Crippen LogP contribution is 2.56. The summed E-state index contributed by atoms with van der Waals surface area (Å²) in [5.74, 6) is -0.599. The third-order valence-electron chi connectivity index (χ3n) is 12.0. The number of carboxylic acids is 1. The van der Waals surface area contributed by atoms with Crippen LogP contribution in [0.2, 0.25) is 0 Å². The van der Waals surface area contributed by atoms with E-state index in [2.05, 4.69) is 29.0 Å². The van der Waals surface area contributed by atoms with Crippen LogP contribution in [-0.4, -0.2) is 49.2 Å². The number of aliphatic hydroxyl groups excluding tert-OH is 2. The van der Waals surface area contributed by atoms with Crippen LogP contribution in [0.5, 0.6) is 0 Å². The van der Waals surface area contributed by atoms with Crippen molar-refractivity contribution in [2.45, 2.75) is 127 Å². The van der Waals surface area contributed by atoms with E-state index >= 15 is 0 Å². The van der Waals surface area contributed by atoms with Gasteiger partial charge in [0.25, 0.3) is 0 Å². The molecule has 0 bridgehead atoms. The van der Waals surface area contributed by atoms with Crippen LogP contribution in [-0.2, 0) is 17.6 Å². The lowest BCUT2D eigenvalue weighted by Crippen LogP contribution is -2.50. The first-order chi connectivity index (χ1) is 22.7. The Morgan fingerprint density at radius 2 is 1.91 bits per heavy atom. The molecule has 47 heavy (non-hydrogen) atoms. The second-order valence-corrected chi connectivity index (χ2v) is 15.1. The molecule has 0 spiro atoms. The van der Waals surface area contributed by atoms with Gasteiger partial charge in [-0.25, -0.2) is 4.98 Å². The molecule has 3 aliphatic carbocycles. The van der Waals surface area contributed by atoms with Gasteiger partial charge in [0, 0.05) is 12.1 Å². The zero-order valence-electron chi connectivity index (χ0n) is 28.3. The Labute approximate surface area is 281 Å². The van der Waals surface area contributed by atoms with Crippen molar-refractivity contribution < 1.29 is 25.2 Å². The van der Waals surface area contributed by atoms with E-state index in [-0.39, 0.29) is 35.7 Å². The van der Waals surface area contributed by atoms with Crippen molar-refractivity contribution in [3.63, 3.8) is 0 Å². The van der Waals surface area contributed by atoms with Crippen molar-refractivity contribution in [3.8, 4) is 0 Å². The molecular weight excluding hydrogens is 590 g/mol. The fourth-order valence-electron chi connectivity index (χ4n) is 9.42. The Hall–Kier alpha value is -2.68. The van der Waals surface area contributed by atoms with Gasteiger partial charge in [0.05, 0.1) is 23.7 Å². The quantitative estimate of drug-likeness (QED) is 0.0986. The molecule has 260 valence electrons. The number of aliphatic hydroxyl groups is 3. The van der Waals surface area contributed by atoms with E-state index in [4.69, 9.17) is 5.73 Å². The Morgan fingerprint density at radius 1 is 1.09 bits per heavy atom. The van der Waals surface area contributed by atoms with Gasteiger partial charge >= 0.3 is 5.97 Å². The van der Waals surface area contributed by atoms with Crippen molar-refractivity contribution in [3.05, 3.63) is 60.1 Å². The molecule has 0 radical (unpaired) electrons. The van der Waals surface area contributed by atoms with E-state index in [1.807, 2.05) is 24.3 Å². The lowest BCUT2D eigenvalue weighted by molar-refractivity contribution is -0.152. The number of hydrogen-bond donors (Lipinski definition) is 5. The SMILES string of the molecule is CCCCCC1C=CC(CCCCCC(C(=O)O)C(O)C2CCC3C(Cc4ccnc(N)c4)CC(Cc4ccc[n-]4)C3(O)C2)C(O)C1. The van der Waals surface area contributed by atoms with Gasteiger partial charge in [-0.2, -0.15) is 11.9 Å². The predicted octanol–water partition coefficient (Wildman–Crippen LogP) is 6.34. The molecule has 10 unspecified atom stereocenters. The minimum absolute atomic E-state index is 0.0133. The molecule has 2 heterocycles. The first-order valence-corrected chi connectivity index (χ1v) is 18.4. The van der Waals surface area contributed by atoms with E-state index in [0.29, 0.717) is 37.4 Å². The molecule has 6 N–H and O–H groups in total. The summed E-state index contributed by atoms with van der Waals surface area (Å²) < 4.78 is 0. The van der Waals surface area contributed by atoms with Gasteiger partial charge in [0.15, 0.2) is 0 Å². The number of aliphatic carboxylic acids is 1. The number of hydrogen-bond acceptors (Lipinski definition) is 6. The molecule has 0 saturated heterocycles. The molecule has 10 atom stereocenters. The predicted molar refractivity (Wildman–Crippen MR) is 184 cm³/mol. The summed E-state index contributed by atoms with van der Waals surface area (Å²) >= 11 is 0. The summed E-state index contributed by atoms with van der Waals surface area (Å²) in [5, 5.41) is 44.9. The average molecular weight is 649 g/mol. The Morgan fingerprint density at radius 3 is 2.64 bits per heavy atom. The number of nitrogens with two attached hydrogens (primary N) is 1. The number of allylic oxidation sites excluding steroid dienone is 1. The number of aromatic nitrogens is 2. The fourth-order valence-corrected chi connectivity index (χ4v) is 9.42. The molecule has 8 nitrogen and oxygen atoms in total. The fraction of sp³-hybridized carbons (Fsp3) is 0.692. The van der Waals surface area contributed by atoms with Crippen LogP contribution < -0.4 is 10.7 Å². The zero-order chi connectivity index (χ0) is 33.4. The van der Waals surface area contributed by atoms with Crippen molar-refractivity contribution in [1.29, 1.82) is 0 Å². The number of nitrogens with zero attached hydrogens (tertiary/aromatic N) is 2. The monoisotopic (exact) mass is 648 g/mol. The summed E-state index contributed by atoms with van der Waals surface area (Å²) in [6, 6.07) is 7.83. The highest BCUT2D eigenvalue weighted by molar-refractivity contribution is 5.70. The second-order valence-electron chi connectivity index (χ2n) is 15.1. The van der Waals surface area contributed by atoms with Gasteiger partial charge in [-0.3, -0.25) is 4.79 Å². The highest BCUT2D eigenvalue weighted by Gasteiger charge is 2.57. The molecule has 8 heteroatoms. The number of carboxylic acid groups (broad SMARTS) is 1. The van der Waals surface area contributed by atoms with Gasteiger partial charge in [0.2, 0.25) is 0 Å². The van der Waals surface area contributed by atoms with Crippen molar-refractivity contribution in [2.24, 2.45) is 41.4 Å². The lowest BCUT2D eigenvalue weighted by atomic mass is 9.64. The van der Waals surface area contributed by atoms with E-state index in [1.165, 1.54) is 19.3 Å². The van der Waals surface area contributed by atoms with Crippen LogP contribution in [0.4, 0.5) is 5.82 Å². The van der Waals surface area contributed by atoms with Gasteiger partial charge in [-0.1, -0.05) is 69.7 Å². The smallest absolute Gasteiger partial charge is 0.309 e. The molecule has 0 amide bonds. The van der Waals surface area contributed by atoms with Crippen LogP contribution in [0.3, 0.4) is 0 Å². The maximum Gasteiger partial charge on any atom is 0.309 e. The lowest BCUT2D eigenvalue weighted by Gasteiger charge is -2.46. The molecule has 5 rings (SSSR count). The van der Waals surface area contributed by atoms with E-state index < -0.39 is 23.6 Å². The maximum atomic E-state index is 12.4. The maximum absolute atomic E-state index is 12.4. The Balaban J connectivity index is 1.15. The van der Waals surface area contributed by atoms with Crippen molar-refractivity contribution in [1.82, 2.24) is 9.97 Å². The number of carbonyl (C=O) groups is 1. The Bertz CT molecular complexity index is 1280. The van der Waals surface area contributed by atoms with Gasteiger partial charge in [-0.15, -0.1) is 0 Å². The van der Waals surface area contributed by atoms with E-state index in [9.17, 15) is 25.2 Å². The minimum Gasteiger partial charge on any atom is -0.668 e. The molecule has 3 aliphatic rings. The molecule has 0 aliphatic heterocycles. The first-order valence-electron chi connectivity index (χ1n) is 18.4. The summed E-state index contributed by atoms with van der Waals surface area (Å²) in [6.45, 7) is 2.21. The van der Waals surface area contributed by atoms with Crippen LogP contribution in [0.25, 0.3) is 0 Å². The van der Waals surface area contributed by atoms with Gasteiger partial charge in [-0.05, 0) is 111 Å². The topological polar surface area (TPSA) is 151 Å². The largest absolute Gasteiger partial charge is 0.668 e. The molecule has 2 aromatic rings. The summed E-state index contributed by atoms with van der Waals surface area (Å²) in [5.41, 5.74) is 7.06. The normalized spacial score (nSPS) is 31.8. The standard InChI is InChI=1S/C39H58N3O5/c1-2-3-5-9-26-13-14-28(35(43)21-26)10-6-4-7-12-33(38(45)46)37(44)29-15-16-34-30(20-27-17-19-42-36(40)22-27)23-31(39(34,47)25-29)24-32-11-8-18-41-32/h8,11,13-14,17-19,22,26,28-31,33-35,37,43-44,47H,2-7,9-10,12,15-16,20-21,23-25H2,1H3,(H2,40,42)(H,45,46)/q-1. The number of anilines is 1. The zero-order valence-corrected chi connectivity index (χ0v) is 28.3. The average Bonchev–Trinajstić information content (AvgIpc) is 3.65. The highest BCUT2D eigenvalue weighted by atomic mass is 16.4. The van der Waals surface area contributed by atoms with Crippen LogP contribution >= 0.6 is 0 Å². The molecule has 2 saturated carbocycles. The number of pyridine rings is 1. The van der Waals surface area contributed by atoms with Crippen molar-refractivity contribution >= 4 is 11.8 Å². The van der Waals surface area contributed by atoms with Gasteiger partial charge < -0.3 is 31.1 Å². The molecule has 2 aromatic heterocycles. The van der Waals surface area contributed by atoms with E-state index in [1.54, 1.807) is 12.4 Å². The molecule has 0 aromatic carbocycles. The summed E-state index contributed by atoms with van der Waals surface area (Å²) in [6.07, 6.45) is 20.5.